The van der Waals surface area contributed by atoms with E-state index in [9.17, 15) is 0 Å². The minimum absolute atomic E-state index is 0. The molecular formula is C11H35I2-. The molecular weight excluding hydrogens is 386 g/mol. The Balaban J connectivity index is -0.0000000120. The molecule has 0 N–H and O–H groups in total. The molecule has 2 unspecified atom stereocenters. The van der Waals surface area contributed by atoms with Crippen molar-refractivity contribution in [1.82, 2.24) is 0 Å². The van der Waals surface area contributed by atoms with E-state index < -0.39 is 0 Å². The van der Waals surface area contributed by atoms with Gasteiger partial charge in [-0.3, -0.25) is 0 Å². The number of hydrogen-bond acceptors (Lipinski definition) is 0. The summed E-state index contributed by atoms with van der Waals surface area (Å²) in [5.41, 5.74) is 0. The molecule has 0 fully saturated rings. The van der Waals surface area contributed by atoms with Gasteiger partial charge in [0, 0.05) is 0 Å². The molecule has 0 aliphatic carbocycles. The van der Waals surface area contributed by atoms with E-state index in [4.69, 9.17) is 0 Å². The van der Waals surface area contributed by atoms with Gasteiger partial charge in [-0.15, -0.1) is 0 Å². The van der Waals surface area contributed by atoms with Crippen LogP contribution < -0.4 is 21.2 Å². The van der Waals surface area contributed by atoms with E-state index >= 15 is 0 Å². The van der Waals surface area contributed by atoms with Crippen molar-refractivity contribution in [2.24, 2.45) is 0 Å². The zero-order valence-corrected chi connectivity index (χ0v) is 9.23. The van der Waals surface area contributed by atoms with Crippen LogP contribution in [0.4, 0.5) is 0 Å². The summed E-state index contributed by atoms with van der Waals surface area (Å²) >= 11 is 2.99. The predicted octanol–water partition coefficient (Wildman–Crippen LogP) is 2.73. The van der Waals surface area contributed by atoms with E-state index in [-0.39, 0.29) is 44.6 Å². The number of halogens is 2. The van der Waals surface area contributed by atoms with Crippen LogP contribution in [0, 0.1) is 0 Å². The van der Waals surface area contributed by atoms with Gasteiger partial charge in [0.1, 0.15) is 0 Å². The fourth-order valence-electron chi connectivity index (χ4n) is 0.174. The van der Waals surface area contributed by atoms with Gasteiger partial charge in [0.25, 0.3) is 0 Å². The number of alkyl halides is 3. The zero-order valence-electron chi connectivity index (χ0n) is 4.91. The molecule has 13 heavy (non-hydrogen) atoms. The van der Waals surface area contributed by atoms with E-state index in [1.807, 2.05) is 0 Å². The van der Waals surface area contributed by atoms with Gasteiger partial charge < -0.3 is 0 Å². The molecule has 0 aliphatic heterocycles. The van der Waals surface area contributed by atoms with E-state index in [0.29, 0.717) is 21.2 Å². The van der Waals surface area contributed by atoms with Crippen molar-refractivity contribution in [3.8, 4) is 0 Å². The topological polar surface area (TPSA) is 0 Å². The summed E-state index contributed by atoms with van der Waals surface area (Å²) in [6.45, 7) is 4.62. The van der Waals surface area contributed by atoms with Crippen LogP contribution >= 0.6 is 22.6 Å². The maximum absolute atomic E-state index is 2.50. The molecule has 0 heterocycles. The van der Waals surface area contributed by atoms with Gasteiger partial charge in [-0.2, -0.15) is 0 Å². The second-order valence-electron chi connectivity index (χ2n) is 1.57. The SMILES string of the molecule is C.C.C.C.C.C.C[I-]C(C)C(C)I. The maximum atomic E-state index is 2.50. The first-order chi connectivity index (χ1) is 3.18. The molecule has 0 saturated heterocycles. The predicted molar refractivity (Wildman–Crippen MR) is 79.3 cm³/mol. The van der Waals surface area contributed by atoms with Crippen molar-refractivity contribution in [3.63, 3.8) is 0 Å². The first-order valence-corrected chi connectivity index (χ1v) is 6.95. The van der Waals surface area contributed by atoms with E-state index in [1.54, 1.807) is 0 Å². The van der Waals surface area contributed by atoms with Gasteiger partial charge in [-0.05, 0) is 0 Å². The van der Waals surface area contributed by atoms with Crippen molar-refractivity contribution < 1.29 is 21.2 Å². The molecule has 0 rings (SSSR count). The van der Waals surface area contributed by atoms with Crippen molar-refractivity contribution in [1.29, 1.82) is 0 Å². The molecule has 0 aliphatic rings. The molecule has 94 valence electrons. The monoisotopic (exact) mass is 421 g/mol. The summed E-state index contributed by atoms with van der Waals surface area (Å²) in [5.74, 6) is 0. The summed E-state index contributed by atoms with van der Waals surface area (Å²) in [5, 5.41) is 0. The Morgan fingerprint density at radius 1 is 0.846 bits per heavy atom. The van der Waals surface area contributed by atoms with Crippen molar-refractivity contribution in [2.45, 2.75) is 66.3 Å². The van der Waals surface area contributed by atoms with Gasteiger partial charge in [0.15, 0.2) is 0 Å². The number of hydrogen-bond donors (Lipinski definition) is 0. The fourth-order valence-corrected chi connectivity index (χ4v) is 2.99. The average Bonchev–Trinajstić information content (AvgIpc) is 1.65. The Bertz CT molecular complexity index is 45.4. The third-order valence-corrected chi connectivity index (χ3v) is 6.48. The standard InChI is InChI=1S/C5H11I2.6CH4/c1-4(6)5(2)7-3;;;;;;/h4-5H,1-3H3;6*1H4/q-1;;;;;;. The molecule has 0 aromatic carbocycles. The molecule has 0 saturated carbocycles. The van der Waals surface area contributed by atoms with Crippen LogP contribution in [0.1, 0.15) is 58.4 Å². The van der Waals surface area contributed by atoms with Crippen molar-refractivity contribution >= 4 is 22.6 Å². The van der Waals surface area contributed by atoms with Crippen LogP contribution in [0.3, 0.4) is 0 Å². The quantitative estimate of drug-likeness (QED) is 0.476. The molecule has 0 aromatic rings. The third kappa shape index (κ3) is 31.8. The molecule has 0 spiro atoms. The molecule has 0 bridgehead atoms. The van der Waals surface area contributed by atoms with Crippen LogP contribution in [-0.4, -0.2) is 12.8 Å². The second kappa shape index (κ2) is 29.2. The Kier molecular flexibility index (Phi) is 106. The van der Waals surface area contributed by atoms with Gasteiger partial charge in [0.2, 0.25) is 0 Å². The molecule has 0 aromatic heterocycles. The van der Waals surface area contributed by atoms with E-state index in [1.165, 1.54) is 0 Å². The Labute approximate surface area is 114 Å². The molecule has 0 radical (unpaired) electrons. The minimum atomic E-state index is 0. The normalized spacial score (nSPS) is 10.5. The first kappa shape index (κ1) is 47.1. The van der Waals surface area contributed by atoms with Gasteiger partial charge >= 0.3 is 70.4 Å². The van der Waals surface area contributed by atoms with Gasteiger partial charge in [-0.1, -0.05) is 44.6 Å². The fraction of sp³-hybridized carbons (Fsp3) is 1.00. The van der Waals surface area contributed by atoms with Crippen LogP contribution in [0.25, 0.3) is 0 Å². The van der Waals surface area contributed by atoms with Crippen LogP contribution in [-0.2, 0) is 0 Å². The van der Waals surface area contributed by atoms with Gasteiger partial charge in [-0.25, -0.2) is 0 Å². The van der Waals surface area contributed by atoms with Crippen LogP contribution in [0.2, 0.25) is 0 Å². The average molecular weight is 421 g/mol. The zero-order chi connectivity index (χ0) is 5.86. The summed E-state index contributed by atoms with van der Waals surface area (Å²) in [4.78, 5) is 2.35. The second-order valence-corrected chi connectivity index (χ2v) is 6.75. The summed E-state index contributed by atoms with van der Waals surface area (Å²) in [6, 6.07) is 0. The van der Waals surface area contributed by atoms with E-state index in [0.717, 1.165) is 7.85 Å². The molecule has 2 heteroatoms. The third-order valence-electron chi connectivity index (χ3n) is 0.977. The van der Waals surface area contributed by atoms with E-state index in [2.05, 4.69) is 41.4 Å². The first-order valence-electron chi connectivity index (χ1n) is 2.30. The van der Waals surface area contributed by atoms with Crippen molar-refractivity contribution in [2.75, 3.05) is 4.93 Å². The Morgan fingerprint density at radius 3 is 1.08 bits per heavy atom. The summed E-state index contributed by atoms with van der Waals surface area (Å²) in [7, 11) is 0. The van der Waals surface area contributed by atoms with Crippen LogP contribution in [0.15, 0.2) is 0 Å². The van der Waals surface area contributed by atoms with Gasteiger partial charge in [0.05, 0.1) is 0 Å². The van der Waals surface area contributed by atoms with Crippen molar-refractivity contribution in [3.05, 3.63) is 0 Å². The Morgan fingerprint density at radius 2 is 1.08 bits per heavy atom. The summed E-state index contributed by atoms with van der Waals surface area (Å²) in [6.07, 6.45) is 0. The Hall–Kier alpha value is 1.46. The molecule has 2 atom stereocenters. The molecule has 0 nitrogen and oxygen atoms in total. The summed E-state index contributed by atoms with van der Waals surface area (Å²) < 4.78 is 1.88. The number of rotatable bonds is 2. The molecule has 0 amide bonds. The van der Waals surface area contributed by atoms with Crippen LogP contribution in [0.5, 0.6) is 0 Å².